The van der Waals surface area contributed by atoms with Crippen molar-refractivity contribution in [3.05, 3.63) is 185 Å². The van der Waals surface area contributed by atoms with Crippen LogP contribution in [0.25, 0.3) is 22.5 Å². The number of carbonyl (C=O) groups excluding carboxylic acids is 9. The fourth-order valence-corrected chi connectivity index (χ4v) is 15.4. The van der Waals surface area contributed by atoms with Crippen molar-refractivity contribution in [3.8, 4) is 34.0 Å². The Hall–Kier alpha value is -10.4. The molecule has 2 fully saturated rings. The van der Waals surface area contributed by atoms with Crippen molar-refractivity contribution in [3.63, 3.8) is 0 Å². The minimum atomic E-state index is -0.883. The number of carbonyl (C=O) groups is 9. The zero-order valence-corrected chi connectivity index (χ0v) is 84.7. The van der Waals surface area contributed by atoms with Gasteiger partial charge in [0.2, 0.25) is 23.7 Å². The Labute approximate surface area is 822 Å². The summed E-state index contributed by atoms with van der Waals surface area (Å²) < 4.78 is 71.7. The average molecular weight is 2130 g/mol. The molecule has 5 aliphatic heterocycles. The number of aldehydes is 1. The molecule has 0 aliphatic carbocycles. The summed E-state index contributed by atoms with van der Waals surface area (Å²) in [6, 6.07) is 11.6. The maximum absolute atomic E-state index is 14.0. The van der Waals surface area contributed by atoms with E-state index in [9.17, 15) is 62.1 Å². The summed E-state index contributed by atoms with van der Waals surface area (Å²) in [6.07, 6.45) is 15.8. The molecule has 2 aromatic carbocycles. The molecule has 11 N–H and O–H groups in total. The number of esters is 3. The highest BCUT2D eigenvalue weighted by molar-refractivity contribution is 9.11. The lowest BCUT2D eigenvalue weighted by Gasteiger charge is -2.26. The number of hydrogen-bond donors (Lipinski definition) is 10. The van der Waals surface area contributed by atoms with Crippen LogP contribution in [0.5, 0.6) is 11.5 Å². The molecule has 0 bridgehead atoms. The Bertz CT molecular complexity index is 5380. The van der Waals surface area contributed by atoms with Gasteiger partial charge in [0.1, 0.15) is 70.1 Å². The first-order chi connectivity index (χ1) is 63.1. The number of fused-ring (bicyclic) bond motifs is 3. The minimum absolute atomic E-state index is 0. The molecule has 12 heterocycles. The fraction of sp³-hybridized carbons (Fsp3) is 0.462. The van der Waals surface area contributed by atoms with Gasteiger partial charge in [0, 0.05) is 135 Å². The largest absolute Gasteiger partial charge is 0.497 e. The van der Waals surface area contributed by atoms with Crippen molar-refractivity contribution < 1.29 is 95.3 Å². The molecule has 5 amide bonds. The second kappa shape index (κ2) is 49.5. The summed E-state index contributed by atoms with van der Waals surface area (Å²) in [4.78, 5) is 137. The normalized spacial score (nSPS) is 15.7. The Morgan fingerprint density at radius 1 is 0.556 bits per heavy atom. The summed E-state index contributed by atoms with van der Waals surface area (Å²) in [6.45, 7) is 27.9. The number of ether oxygens (including phenoxy) is 7. The van der Waals surface area contributed by atoms with Gasteiger partial charge >= 0.3 is 36.0 Å². The van der Waals surface area contributed by atoms with Gasteiger partial charge < -0.3 is 95.0 Å². The van der Waals surface area contributed by atoms with E-state index < -0.39 is 89.7 Å². The second-order valence-corrected chi connectivity index (χ2v) is 38.4. The third kappa shape index (κ3) is 31.8. The van der Waals surface area contributed by atoms with E-state index in [-0.39, 0.29) is 91.1 Å². The number of benzene rings is 2. The first-order valence-electron chi connectivity index (χ1n) is 42.9. The van der Waals surface area contributed by atoms with Crippen molar-refractivity contribution in [1.82, 2.24) is 74.3 Å². The number of aromatic amines is 2. The topological polar surface area (TPSA) is 453 Å². The van der Waals surface area contributed by atoms with Crippen LogP contribution >= 0.6 is 83.4 Å². The molecule has 14 rings (SSSR count). The van der Waals surface area contributed by atoms with Gasteiger partial charge in [0.15, 0.2) is 6.29 Å². The highest BCUT2D eigenvalue weighted by Gasteiger charge is 2.40. The van der Waals surface area contributed by atoms with Gasteiger partial charge in [-0.05, 0) is 236 Å². The summed E-state index contributed by atoms with van der Waals surface area (Å²) in [5, 5.41) is 35.6. The molecular formula is C91H116Br3Cl3F2N18O18. The Balaban J connectivity index is 0.000000217. The maximum atomic E-state index is 14.0. The molecule has 36 nitrogen and oxygen atoms in total. The number of rotatable bonds is 26. The number of aliphatic hydroxyl groups is 2. The number of halogens is 8. The van der Waals surface area contributed by atoms with Gasteiger partial charge in [0.25, 0.3) is 0 Å². The van der Waals surface area contributed by atoms with E-state index in [4.69, 9.17) is 62.1 Å². The molecule has 7 aromatic heterocycles. The molecular weight excluding hydrogens is 2020 g/mol. The van der Waals surface area contributed by atoms with Gasteiger partial charge in [0.05, 0.1) is 98.7 Å². The third-order valence-corrected chi connectivity index (χ3v) is 22.7. The number of nitrogens with zero attached hydrogens (tertiary/aromatic N) is 10. The molecule has 0 spiro atoms. The van der Waals surface area contributed by atoms with Gasteiger partial charge in [-0.3, -0.25) is 43.0 Å². The summed E-state index contributed by atoms with van der Waals surface area (Å²) >= 11 is 22.7. The molecule has 2 saturated heterocycles. The predicted octanol–water partition coefficient (Wildman–Crippen LogP) is 14.8. The lowest BCUT2D eigenvalue weighted by Crippen LogP contribution is -2.47. The Kier molecular flexibility index (Phi) is 40.3. The number of hydrogen-bond acceptors (Lipinski definition) is 26. The molecule has 0 saturated carbocycles. The van der Waals surface area contributed by atoms with E-state index in [1.165, 1.54) is 86.8 Å². The van der Waals surface area contributed by atoms with E-state index in [1.807, 2.05) is 92.8 Å². The van der Waals surface area contributed by atoms with E-state index in [0.29, 0.717) is 112 Å². The van der Waals surface area contributed by atoms with Crippen LogP contribution in [0.1, 0.15) is 179 Å². The first-order valence-corrected chi connectivity index (χ1v) is 46.1. The zero-order chi connectivity index (χ0) is 98.5. The van der Waals surface area contributed by atoms with Crippen LogP contribution < -0.4 is 41.8 Å². The molecule has 9 aromatic rings. The highest BCUT2D eigenvalue weighted by Crippen LogP contribution is 2.36. The molecule has 0 unspecified atom stereocenters. The van der Waals surface area contributed by atoms with Crippen molar-refractivity contribution in [2.75, 3.05) is 64.5 Å². The number of aromatic nitrogens is 9. The number of amides is 5. The monoisotopic (exact) mass is 2130 g/mol. The average Bonchev–Trinajstić information content (AvgIpc) is 1.62. The summed E-state index contributed by atoms with van der Waals surface area (Å²) in [5.74, 6) is -1.66. The predicted molar refractivity (Wildman–Crippen MR) is 514 cm³/mol. The Morgan fingerprint density at radius 3 is 1.30 bits per heavy atom. The SMILES string of the molecule is COc1cc(F)cc([C@@H](CO)NC(=O)[C@@H](C)N2Cc3cc(-c4nc(NC5CCOCC5)ncc4Cl)cn3C2=O)c1.COc1cc(F)cc([C@@H](CO)NC(=O)[C@H](C)N2Cc3cc(-c4nc(NC5CCOCC5)ncc4Cl)cn3C2=O)c1.C[C@@H](N)C(=O)OC(C)(C)C.C[C@@H](NCc1cc(Br)c[nH]1)C(=O)OC(C)(C)C.C[C@H](C(=O)OC(C)(C)C)N1Cc2cc(Br)cn2C1=O.Cl.O=Cc1cc(Br)c[nH]1. The molecule has 5 aliphatic rings. The molecule has 44 heteroatoms. The first kappa shape index (κ1) is 110. The number of anilines is 2. The van der Waals surface area contributed by atoms with Crippen LogP contribution in [-0.4, -0.2) is 236 Å². The number of nitrogens with one attached hydrogen (secondary N) is 7. The summed E-state index contributed by atoms with van der Waals surface area (Å²) in [5.41, 5.74) is 10.7. The van der Waals surface area contributed by atoms with Crippen molar-refractivity contribution in [1.29, 1.82) is 0 Å². The van der Waals surface area contributed by atoms with Crippen molar-refractivity contribution in [2.24, 2.45) is 5.73 Å². The van der Waals surface area contributed by atoms with Gasteiger partial charge in [-0.1, -0.05) is 23.2 Å². The van der Waals surface area contributed by atoms with Crippen molar-refractivity contribution >= 4 is 149 Å². The van der Waals surface area contributed by atoms with Gasteiger partial charge in [-0.2, -0.15) is 0 Å². The lowest BCUT2D eigenvalue weighted by molar-refractivity contribution is -0.160. The minimum Gasteiger partial charge on any atom is -0.497 e. The van der Waals surface area contributed by atoms with Crippen LogP contribution in [0.2, 0.25) is 10.0 Å². The number of H-pyrrole nitrogens is 2. The van der Waals surface area contributed by atoms with E-state index in [0.717, 1.165) is 56.8 Å². The number of methoxy groups -OCH3 is 2. The van der Waals surface area contributed by atoms with E-state index >= 15 is 0 Å². The summed E-state index contributed by atoms with van der Waals surface area (Å²) in [7, 11) is 2.80. The van der Waals surface area contributed by atoms with Crippen molar-refractivity contribution in [2.45, 2.75) is 220 Å². The van der Waals surface area contributed by atoms with Crippen LogP contribution in [-0.2, 0) is 73.8 Å². The second-order valence-electron chi connectivity index (χ2n) is 34.9. The highest BCUT2D eigenvalue weighted by atomic mass is 79.9. The number of aliphatic hydroxyl groups excluding tert-OH is 2. The molecule has 0 radical (unpaired) electrons. The smallest absolute Gasteiger partial charge is 0.329 e. The molecule has 7 atom stereocenters. The molecule has 135 heavy (non-hydrogen) atoms. The van der Waals surface area contributed by atoms with Crippen LogP contribution in [0.3, 0.4) is 0 Å². The standard InChI is InChI=1S/2C27H30ClFN6O5.C13H17BrN2O3.C12H19BrN2O2.C7H15NO2.C5H4BrNO.ClH/c2*1-15(25(37)32-23(14-36)16-7-18(29)10-21(9-16)39-2)34-13-20-8-17(12-35(20)27(34)38)24-22(28)11-30-26(33-24)31-19-3-5-40-6-4-19;1-8(11(17)19-13(2,3)4)15-7-10-5-9(14)6-16(10)12(15)18;1-8(11(16)17-12(2,3)4)14-7-10-5-9(13)6-15-10;1-5(8)6(9)10-7(2,3)4;6-4-1-5(3-8)7-2-4;/h2*7-12,15,19,23,36H,3-6,13-14H2,1-2H3,(H,32,37)(H,30,31,33);5-6,8H,7H2,1-4H3;5-6,8,14-15H,7H2,1-4H3;5H,8H2,1-4H3;1-3,7H;1H/t15-,23+;15-,23-;2*8-;5-;;/m01111../s1. The molecule has 734 valence electrons. The van der Waals surface area contributed by atoms with E-state index in [2.05, 4.69) is 104 Å². The van der Waals surface area contributed by atoms with Crippen LogP contribution in [0.15, 0.2) is 124 Å². The Morgan fingerprint density at radius 2 is 0.948 bits per heavy atom. The fourth-order valence-electron chi connectivity index (χ4n) is 13.8. The number of nitrogens with two attached hydrogens (primary N) is 1. The van der Waals surface area contributed by atoms with Crippen LogP contribution in [0, 0.1) is 11.6 Å². The lowest BCUT2D eigenvalue weighted by atomic mass is 10.1. The van der Waals surface area contributed by atoms with Gasteiger partial charge in [-0.25, -0.2) is 47.9 Å². The van der Waals surface area contributed by atoms with Crippen LogP contribution in [0.4, 0.5) is 35.1 Å². The van der Waals surface area contributed by atoms with Gasteiger partial charge in [-0.15, -0.1) is 12.4 Å². The third-order valence-electron chi connectivity index (χ3n) is 20.8. The quantitative estimate of drug-likeness (QED) is 0.0137. The zero-order valence-electron chi connectivity index (χ0n) is 77.6. The van der Waals surface area contributed by atoms with E-state index in [1.54, 1.807) is 70.0 Å². The maximum Gasteiger partial charge on any atom is 0.329 e.